The van der Waals surface area contributed by atoms with Crippen LogP contribution >= 0.6 is 11.3 Å². The van der Waals surface area contributed by atoms with E-state index in [-0.39, 0.29) is 12.4 Å². The predicted octanol–water partition coefficient (Wildman–Crippen LogP) is 4.92. The summed E-state index contributed by atoms with van der Waals surface area (Å²) < 4.78 is 20.8. The number of halogens is 1. The number of aromatic nitrogens is 2. The molecule has 2 aromatic carbocycles. The third kappa shape index (κ3) is 4.18. The molecule has 162 valence electrons. The molecule has 3 atom stereocenters. The van der Waals surface area contributed by atoms with Crippen molar-refractivity contribution in [3.8, 4) is 5.75 Å². The van der Waals surface area contributed by atoms with Crippen LogP contribution in [-0.2, 0) is 0 Å². The number of β-amino-alcohol motifs (C(OH)–C–C–N with tert-alkyl or cyclic N) is 1. The zero-order valence-corrected chi connectivity index (χ0v) is 18.2. The fourth-order valence-electron chi connectivity index (χ4n) is 4.51. The molecule has 5 rings (SSSR count). The molecule has 1 aliphatic rings. The Balaban J connectivity index is 1.18. The van der Waals surface area contributed by atoms with Gasteiger partial charge in [0, 0.05) is 35.6 Å². The molecule has 0 spiro atoms. The Bertz CT molecular complexity index is 1190. The Morgan fingerprint density at radius 2 is 2.16 bits per heavy atom. The summed E-state index contributed by atoms with van der Waals surface area (Å²) in [5.41, 5.74) is 1.51. The molecule has 4 aromatic rings. The van der Waals surface area contributed by atoms with Gasteiger partial charge < -0.3 is 14.8 Å². The molecule has 0 amide bonds. The van der Waals surface area contributed by atoms with Gasteiger partial charge in [-0.1, -0.05) is 12.1 Å². The second-order valence-corrected chi connectivity index (χ2v) is 9.43. The number of benzene rings is 2. The molecule has 1 aliphatic heterocycles. The quantitative estimate of drug-likeness (QED) is 0.447. The summed E-state index contributed by atoms with van der Waals surface area (Å²) in [6, 6.07) is 13.3. The number of nitrogens with zero attached hydrogens (tertiary/aromatic N) is 2. The molecule has 0 aliphatic carbocycles. The summed E-state index contributed by atoms with van der Waals surface area (Å²) in [7, 11) is 0. The highest BCUT2D eigenvalue weighted by Crippen LogP contribution is 2.36. The Labute approximate surface area is 184 Å². The molecule has 3 heterocycles. The number of rotatable bonds is 6. The van der Waals surface area contributed by atoms with Crippen LogP contribution in [0, 0.1) is 5.82 Å². The number of nitrogens with one attached hydrogen (secondary N) is 1. The van der Waals surface area contributed by atoms with E-state index in [1.54, 1.807) is 17.4 Å². The van der Waals surface area contributed by atoms with E-state index in [9.17, 15) is 9.50 Å². The second kappa shape index (κ2) is 8.57. The van der Waals surface area contributed by atoms with Gasteiger partial charge in [0.25, 0.3) is 0 Å². The molecular weight excluding hydrogens is 413 g/mol. The van der Waals surface area contributed by atoms with Crippen LogP contribution in [-0.4, -0.2) is 51.8 Å². The normalized spacial score (nSPS) is 21.0. The van der Waals surface area contributed by atoms with Gasteiger partial charge in [-0.3, -0.25) is 4.90 Å². The van der Waals surface area contributed by atoms with Gasteiger partial charge in [0.1, 0.15) is 29.8 Å². The number of hydrogen-bond donors (Lipinski definition) is 2. The molecule has 2 aromatic heterocycles. The van der Waals surface area contributed by atoms with E-state index in [1.165, 1.54) is 6.07 Å². The molecule has 5 nitrogen and oxygen atoms in total. The summed E-state index contributed by atoms with van der Waals surface area (Å²) in [6.07, 6.45) is 3.24. The summed E-state index contributed by atoms with van der Waals surface area (Å²) in [6.45, 7) is 3.91. The Morgan fingerprint density at radius 1 is 1.29 bits per heavy atom. The molecular formula is C24H26FN3O2S. The predicted molar refractivity (Wildman–Crippen MR) is 122 cm³/mol. The van der Waals surface area contributed by atoms with E-state index in [1.807, 2.05) is 36.5 Å². The molecule has 31 heavy (non-hydrogen) atoms. The minimum Gasteiger partial charge on any atom is -0.490 e. The number of aromatic amines is 1. The third-order valence-electron chi connectivity index (χ3n) is 6.18. The van der Waals surface area contributed by atoms with E-state index in [2.05, 4.69) is 21.8 Å². The number of hydrogen-bond acceptors (Lipinski definition) is 5. The number of fused-ring (bicyclic) bond motifs is 2. The number of para-hydroxylation sites is 1. The minimum absolute atomic E-state index is 0.246. The van der Waals surface area contributed by atoms with Crippen LogP contribution in [0.2, 0.25) is 0 Å². The molecule has 7 heteroatoms. The number of ether oxygens (including phenoxy) is 1. The van der Waals surface area contributed by atoms with Crippen molar-refractivity contribution in [1.29, 1.82) is 0 Å². The maximum atomic E-state index is 14.0. The Morgan fingerprint density at radius 3 is 3.00 bits per heavy atom. The van der Waals surface area contributed by atoms with Crippen molar-refractivity contribution in [3.63, 3.8) is 0 Å². The highest BCUT2D eigenvalue weighted by atomic mass is 32.1. The number of aliphatic hydroxyl groups is 1. The highest BCUT2D eigenvalue weighted by Gasteiger charge is 2.29. The number of thiazole rings is 1. The van der Waals surface area contributed by atoms with E-state index in [0.29, 0.717) is 24.0 Å². The van der Waals surface area contributed by atoms with E-state index in [4.69, 9.17) is 4.74 Å². The van der Waals surface area contributed by atoms with Gasteiger partial charge in [-0.15, -0.1) is 11.3 Å². The molecule has 0 bridgehead atoms. The standard InChI is InChI=1S/C24H26FN3O2S/c1-15-12-16(24-27-23-19(25)4-2-7-22(23)31-24)9-11-28(15)13-17(29)14-30-21-6-3-5-20-18(21)8-10-26-20/h2-8,10,15-17,26,29H,9,11-14H2,1H3/t15-,16-,17-/m0/s1. The average Bonchev–Trinajstić information content (AvgIpc) is 3.41. The van der Waals surface area contributed by atoms with Crippen LogP contribution in [0.3, 0.4) is 0 Å². The van der Waals surface area contributed by atoms with Crippen molar-refractivity contribution in [3.05, 3.63) is 59.5 Å². The summed E-state index contributed by atoms with van der Waals surface area (Å²) in [5.74, 6) is 0.874. The molecule has 1 fully saturated rings. The van der Waals surface area contributed by atoms with Crippen molar-refractivity contribution in [2.45, 2.75) is 37.8 Å². The molecule has 0 unspecified atom stereocenters. The first-order chi connectivity index (χ1) is 15.1. The van der Waals surface area contributed by atoms with Crippen LogP contribution in [0.4, 0.5) is 4.39 Å². The van der Waals surface area contributed by atoms with Gasteiger partial charge in [0.2, 0.25) is 0 Å². The maximum Gasteiger partial charge on any atom is 0.150 e. The third-order valence-corrected chi connectivity index (χ3v) is 7.36. The fraction of sp³-hybridized carbons (Fsp3) is 0.375. The van der Waals surface area contributed by atoms with Crippen LogP contribution in [0.25, 0.3) is 21.1 Å². The molecule has 0 saturated carbocycles. The zero-order valence-electron chi connectivity index (χ0n) is 17.4. The first kappa shape index (κ1) is 20.4. The maximum absolute atomic E-state index is 14.0. The van der Waals surface area contributed by atoms with Crippen LogP contribution in [0.1, 0.15) is 30.7 Å². The van der Waals surface area contributed by atoms with Crippen LogP contribution in [0.5, 0.6) is 5.75 Å². The molecule has 1 saturated heterocycles. The van der Waals surface area contributed by atoms with Gasteiger partial charge in [-0.05, 0) is 56.6 Å². The monoisotopic (exact) mass is 439 g/mol. The van der Waals surface area contributed by atoms with E-state index >= 15 is 0 Å². The van der Waals surface area contributed by atoms with E-state index in [0.717, 1.165) is 45.7 Å². The largest absolute Gasteiger partial charge is 0.490 e. The lowest BCUT2D eigenvalue weighted by Gasteiger charge is -2.38. The lowest BCUT2D eigenvalue weighted by Crippen LogP contribution is -2.45. The van der Waals surface area contributed by atoms with Gasteiger partial charge in [0.05, 0.1) is 9.71 Å². The van der Waals surface area contributed by atoms with Crippen molar-refractivity contribution in [2.75, 3.05) is 19.7 Å². The second-order valence-electron chi connectivity index (χ2n) is 8.36. The van der Waals surface area contributed by atoms with Gasteiger partial charge >= 0.3 is 0 Å². The van der Waals surface area contributed by atoms with Gasteiger partial charge in [-0.2, -0.15) is 0 Å². The lowest BCUT2D eigenvalue weighted by atomic mass is 9.92. The van der Waals surface area contributed by atoms with Crippen molar-refractivity contribution in [2.24, 2.45) is 0 Å². The summed E-state index contributed by atoms with van der Waals surface area (Å²) in [5, 5.41) is 12.6. The lowest BCUT2D eigenvalue weighted by molar-refractivity contribution is 0.0405. The number of piperidine rings is 1. The SMILES string of the molecule is C[C@H]1C[C@@H](c2nc3c(F)cccc3s2)CCN1C[C@H](O)COc1cccc2[nH]ccc12. The van der Waals surface area contributed by atoms with Crippen molar-refractivity contribution < 1.29 is 14.2 Å². The van der Waals surface area contributed by atoms with Crippen molar-refractivity contribution in [1.82, 2.24) is 14.9 Å². The molecule has 0 radical (unpaired) electrons. The average molecular weight is 440 g/mol. The minimum atomic E-state index is -0.565. The zero-order chi connectivity index (χ0) is 21.4. The first-order valence-electron chi connectivity index (χ1n) is 10.7. The van der Waals surface area contributed by atoms with Gasteiger partial charge in [0.15, 0.2) is 0 Å². The Kier molecular flexibility index (Phi) is 5.65. The number of likely N-dealkylation sites (tertiary alicyclic amines) is 1. The summed E-state index contributed by atoms with van der Waals surface area (Å²) >= 11 is 1.60. The number of aliphatic hydroxyl groups excluding tert-OH is 1. The van der Waals surface area contributed by atoms with Crippen LogP contribution in [0.15, 0.2) is 48.7 Å². The van der Waals surface area contributed by atoms with Crippen LogP contribution < -0.4 is 4.74 Å². The highest BCUT2D eigenvalue weighted by molar-refractivity contribution is 7.18. The topological polar surface area (TPSA) is 61.4 Å². The van der Waals surface area contributed by atoms with Gasteiger partial charge in [-0.25, -0.2) is 9.37 Å². The fourth-order valence-corrected chi connectivity index (χ4v) is 5.64. The van der Waals surface area contributed by atoms with E-state index < -0.39 is 6.10 Å². The van der Waals surface area contributed by atoms with Crippen molar-refractivity contribution >= 4 is 32.5 Å². The summed E-state index contributed by atoms with van der Waals surface area (Å²) in [4.78, 5) is 10.1. The number of H-pyrrole nitrogens is 1. The Hall–Kier alpha value is -2.48. The molecule has 2 N–H and O–H groups in total. The first-order valence-corrected chi connectivity index (χ1v) is 11.6. The smallest absolute Gasteiger partial charge is 0.150 e.